The number of hydrogen-bond donors (Lipinski definition) is 0. The van der Waals surface area contributed by atoms with Crippen molar-refractivity contribution in [3.05, 3.63) is 51.8 Å². The minimum atomic E-state index is -0.202. The summed E-state index contributed by atoms with van der Waals surface area (Å²) >= 11 is 0. The van der Waals surface area contributed by atoms with Gasteiger partial charge < -0.3 is 9.26 Å². The van der Waals surface area contributed by atoms with Gasteiger partial charge in [-0.25, -0.2) is 9.67 Å². The molecule has 144 valence electrons. The van der Waals surface area contributed by atoms with E-state index in [4.69, 9.17) is 14.2 Å². The third kappa shape index (κ3) is 2.60. The van der Waals surface area contributed by atoms with E-state index in [9.17, 15) is 4.79 Å². The molecule has 0 atom stereocenters. The largest absolute Gasteiger partial charge is 0.493 e. The van der Waals surface area contributed by atoms with Crippen LogP contribution < -0.4 is 10.3 Å². The molecule has 4 rings (SSSR count). The summed E-state index contributed by atoms with van der Waals surface area (Å²) in [7, 11) is 1.70. The molecule has 1 aromatic carbocycles. The number of aryl methyl sites for hydroxylation is 3. The lowest BCUT2D eigenvalue weighted by atomic mass is 10.1. The first-order valence-corrected chi connectivity index (χ1v) is 9.05. The van der Waals surface area contributed by atoms with Crippen LogP contribution in [0.25, 0.3) is 28.1 Å². The smallest absolute Gasteiger partial charge is 0.280 e. The fourth-order valence-electron chi connectivity index (χ4n) is 3.40. The van der Waals surface area contributed by atoms with Crippen LogP contribution in [0.4, 0.5) is 0 Å². The summed E-state index contributed by atoms with van der Waals surface area (Å²) in [6.07, 6.45) is 0. The number of ether oxygens (including phenoxy) is 1. The monoisotopic (exact) mass is 379 g/mol. The number of para-hydroxylation sites is 1. The zero-order valence-corrected chi connectivity index (χ0v) is 16.5. The summed E-state index contributed by atoms with van der Waals surface area (Å²) in [6.45, 7) is 7.89. The Kier molecular flexibility index (Phi) is 4.26. The topological polar surface area (TPSA) is 88.0 Å². The van der Waals surface area contributed by atoms with E-state index in [2.05, 4.69) is 10.3 Å². The van der Waals surface area contributed by atoms with Crippen LogP contribution >= 0.6 is 0 Å². The van der Waals surface area contributed by atoms with E-state index in [0.29, 0.717) is 52.0 Å². The van der Waals surface area contributed by atoms with Crippen molar-refractivity contribution >= 4 is 11.0 Å². The van der Waals surface area contributed by atoms with Gasteiger partial charge in [0.2, 0.25) is 0 Å². The second kappa shape index (κ2) is 6.63. The Morgan fingerprint density at radius 3 is 2.57 bits per heavy atom. The number of fused-ring (bicyclic) bond motifs is 1. The van der Waals surface area contributed by atoms with Crippen molar-refractivity contribution in [1.29, 1.82) is 0 Å². The molecule has 0 bridgehead atoms. The highest BCUT2D eigenvalue weighted by atomic mass is 16.5. The normalized spacial score (nSPS) is 11.3. The molecule has 0 aliphatic rings. The first-order valence-electron chi connectivity index (χ1n) is 9.05. The lowest BCUT2D eigenvalue weighted by Crippen LogP contribution is -2.22. The van der Waals surface area contributed by atoms with Crippen molar-refractivity contribution in [3.8, 4) is 22.8 Å². The Bertz CT molecular complexity index is 1230. The van der Waals surface area contributed by atoms with Crippen LogP contribution in [0, 0.1) is 20.8 Å². The second-order valence-corrected chi connectivity index (χ2v) is 6.60. The van der Waals surface area contributed by atoms with E-state index in [0.717, 1.165) is 5.56 Å². The van der Waals surface area contributed by atoms with Crippen molar-refractivity contribution in [2.45, 2.75) is 27.7 Å². The van der Waals surface area contributed by atoms with Crippen molar-refractivity contribution < 1.29 is 9.26 Å². The van der Waals surface area contributed by atoms with Gasteiger partial charge in [-0.1, -0.05) is 17.3 Å². The first-order chi connectivity index (χ1) is 13.4. The van der Waals surface area contributed by atoms with E-state index < -0.39 is 0 Å². The molecule has 0 saturated carbocycles. The molecular weight excluding hydrogens is 358 g/mol. The van der Waals surface area contributed by atoms with Crippen molar-refractivity contribution in [3.63, 3.8) is 0 Å². The van der Waals surface area contributed by atoms with Gasteiger partial charge in [0.05, 0.1) is 17.9 Å². The van der Waals surface area contributed by atoms with E-state index >= 15 is 0 Å². The summed E-state index contributed by atoms with van der Waals surface area (Å²) < 4.78 is 14.1. The molecule has 0 N–H and O–H groups in total. The van der Waals surface area contributed by atoms with Crippen LogP contribution in [-0.4, -0.2) is 31.1 Å². The van der Waals surface area contributed by atoms with Crippen LogP contribution in [0.15, 0.2) is 33.6 Å². The molecule has 0 aliphatic heterocycles. The number of nitrogens with zero attached hydrogens (tertiary/aromatic N) is 5. The Balaban J connectivity index is 2.04. The standard InChI is InChI=1S/C20H21N5O3/c1-6-27-15-10-8-7-9-14(15)19-21-16-11(2)22-25(18(16)20(26)24(19)5)17-12(3)23-28-13(17)4/h7-10H,6H2,1-5H3. The minimum Gasteiger partial charge on any atom is -0.493 e. The zero-order chi connectivity index (χ0) is 20.0. The van der Waals surface area contributed by atoms with Gasteiger partial charge in [0.25, 0.3) is 5.56 Å². The fraction of sp³-hybridized carbons (Fsp3) is 0.300. The van der Waals surface area contributed by atoms with E-state index in [-0.39, 0.29) is 5.56 Å². The maximum atomic E-state index is 13.3. The number of aromatic nitrogens is 5. The van der Waals surface area contributed by atoms with Gasteiger partial charge in [-0.2, -0.15) is 5.10 Å². The highest BCUT2D eigenvalue weighted by Crippen LogP contribution is 2.30. The molecule has 8 nitrogen and oxygen atoms in total. The quantitative estimate of drug-likeness (QED) is 0.541. The number of hydrogen-bond acceptors (Lipinski definition) is 6. The van der Waals surface area contributed by atoms with E-state index in [1.165, 1.54) is 4.57 Å². The maximum absolute atomic E-state index is 13.3. The van der Waals surface area contributed by atoms with Gasteiger partial charge in [-0.05, 0) is 39.8 Å². The summed E-state index contributed by atoms with van der Waals surface area (Å²) in [5.41, 5.74) is 3.48. The van der Waals surface area contributed by atoms with Crippen LogP contribution in [0.5, 0.6) is 5.75 Å². The molecule has 0 spiro atoms. The predicted molar refractivity (Wildman–Crippen MR) is 105 cm³/mol. The zero-order valence-electron chi connectivity index (χ0n) is 16.5. The van der Waals surface area contributed by atoms with Crippen molar-refractivity contribution in [2.24, 2.45) is 7.05 Å². The molecule has 0 unspecified atom stereocenters. The summed E-state index contributed by atoms with van der Waals surface area (Å²) in [5, 5.41) is 8.54. The van der Waals surface area contributed by atoms with Gasteiger partial charge in [-0.3, -0.25) is 9.36 Å². The number of rotatable bonds is 4. The van der Waals surface area contributed by atoms with Crippen LogP contribution in [0.2, 0.25) is 0 Å². The Morgan fingerprint density at radius 1 is 1.14 bits per heavy atom. The summed E-state index contributed by atoms with van der Waals surface area (Å²) in [4.78, 5) is 18.1. The van der Waals surface area contributed by atoms with E-state index in [1.54, 1.807) is 18.7 Å². The SMILES string of the molecule is CCOc1ccccc1-c1nc2c(C)nn(-c3c(C)noc3C)c2c(=O)n1C. The summed E-state index contributed by atoms with van der Waals surface area (Å²) in [5.74, 6) is 1.81. The lowest BCUT2D eigenvalue weighted by molar-refractivity contribution is 0.341. The van der Waals surface area contributed by atoms with Crippen LogP contribution in [-0.2, 0) is 7.05 Å². The third-order valence-corrected chi connectivity index (χ3v) is 4.71. The predicted octanol–water partition coefficient (Wildman–Crippen LogP) is 3.10. The molecule has 0 saturated heterocycles. The average molecular weight is 379 g/mol. The lowest BCUT2D eigenvalue weighted by Gasteiger charge is -2.13. The van der Waals surface area contributed by atoms with Crippen LogP contribution in [0.1, 0.15) is 24.1 Å². The molecule has 28 heavy (non-hydrogen) atoms. The van der Waals surface area contributed by atoms with Gasteiger partial charge in [-0.15, -0.1) is 0 Å². The van der Waals surface area contributed by atoms with Gasteiger partial charge >= 0.3 is 0 Å². The third-order valence-electron chi connectivity index (χ3n) is 4.71. The average Bonchev–Trinajstić information content (AvgIpc) is 3.17. The van der Waals surface area contributed by atoms with Gasteiger partial charge in [0.1, 0.15) is 28.5 Å². The highest BCUT2D eigenvalue weighted by molar-refractivity contribution is 5.81. The molecule has 4 aromatic rings. The first kappa shape index (κ1) is 18.0. The Labute approximate surface area is 161 Å². The Hall–Kier alpha value is -3.42. The highest BCUT2D eigenvalue weighted by Gasteiger charge is 2.23. The molecule has 0 aliphatic carbocycles. The second-order valence-electron chi connectivity index (χ2n) is 6.60. The minimum absolute atomic E-state index is 0.202. The summed E-state index contributed by atoms with van der Waals surface area (Å²) in [6, 6.07) is 7.56. The number of benzene rings is 1. The molecule has 3 heterocycles. The van der Waals surface area contributed by atoms with Crippen molar-refractivity contribution in [1.82, 2.24) is 24.5 Å². The fourth-order valence-corrected chi connectivity index (χ4v) is 3.40. The molecule has 0 fully saturated rings. The molecule has 0 amide bonds. The molecule has 3 aromatic heterocycles. The van der Waals surface area contributed by atoms with Crippen LogP contribution in [0.3, 0.4) is 0 Å². The van der Waals surface area contributed by atoms with Gasteiger partial charge in [0.15, 0.2) is 11.3 Å². The molecule has 8 heteroatoms. The van der Waals surface area contributed by atoms with Crippen molar-refractivity contribution in [2.75, 3.05) is 6.61 Å². The van der Waals surface area contributed by atoms with E-state index in [1.807, 2.05) is 45.0 Å². The molecular formula is C20H21N5O3. The Morgan fingerprint density at radius 2 is 1.89 bits per heavy atom. The van der Waals surface area contributed by atoms with Gasteiger partial charge in [0, 0.05) is 7.05 Å². The molecule has 0 radical (unpaired) electrons. The maximum Gasteiger partial charge on any atom is 0.280 e.